The minimum atomic E-state index is -0.935. The van der Waals surface area contributed by atoms with E-state index in [0.717, 1.165) is 63.0 Å². The van der Waals surface area contributed by atoms with Crippen LogP contribution in [0.1, 0.15) is 58.3 Å². The summed E-state index contributed by atoms with van der Waals surface area (Å²) in [6.45, 7) is 5.54. The third-order valence-corrected chi connectivity index (χ3v) is 6.40. The van der Waals surface area contributed by atoms with Crippen LogP contribution in [0.4, 0.5) is 0 Å². The number of nitrogens with zero attached hydrogens (tertiary/aromatic N) is 6. The van der Waals surface area contributed by atoms with E-state index in [1.54, 1.807) is 12.4 Å². The van der Waals surface area contributed by atoms with Gasteiger partial charge in [0.25, 0.3) is 0 Å². The highest BCUT2D eigenvalue weighted by atomic mass is 16.5. The molecule has 2 fully saturated rings. The number of carbonyl (C=O) groups is 2. The van der Waals surface area contributed by atoms with Crippen LogP contribution in [0.15, 0.2) is 12.4 Å². The Morgan fingerprint density at radius 1 is 0.871 bits per heavy atom. The number of hydrogen-bond acceptors (Lipinski definition) is 7. The zero-order valence-electron chi connectivity index (χ0n) is 17.7. The summed E-state index contributed by atoms with van der Waals surface area (Å²) in [4.78, 5) is 35.4. The second kappa shape index (κ2) is 8.08. The van der Waals surface area contributed by atoms with E-state index in [4.69, 9.17) is 5.11 Å². The molecule has 1 N–H and O–H groups in total. The summed E-state index contributed by atoms with van der Waals surface area (Å²) < 4.78 is 8.69. The molecular weight excluding hydrogens is 400 g/mol. The first-order valence-electron chi connectivity index (χ1n) is 10.9. The summed E-state index contributed by atoms with van der Waals surface area (Å²) in [6, 6.07) is 1.48. The van der Waals surface area contributed by atoms with Crippen LogP contribution in [0.5, 0.6) is 0 Å². The summed E-state index contributed by atoms with van der Waals surface area (Å²) in [7, 11) is 1.39. The van der Waals surface area contributed by atoms with Crippen LogP contribution in [-0.4, -0.2) is 78.2 Å². The highest BCUT2D eigenvalue weighted by molar-refractivity contribution is 5.87. The Morgan fingerprint density at radius 2 is 1.35 bits per heavy atom. The molecule has 2 aromatic rings. The number of hydrogen-bond donors (Lipinski definition) is 1. The van der Waals surface area contributed by atoms with Crippen LogP contribution >= 0.6 is 0 Å². The van der Waals surface area contributed by atoms with Gasteiger partial charge in [-0.05, 0) is 25.7 Å². The number of rotatable bonds is 4. The highest BCUT2D eigenvalue weighted by Crippen LogP contribution is 2.30. The fourth-order valence-corrected chi connectivity index (χ4v) is 4.35. The number of fused-ring (bicyclic) bond motifs is 2. The largest absolute Gasteiger partial charge is 0.476 e. The monoisotopic (exact) mass is 428 g/mol. The first-order valence-corrected chi connectivity index (χ1v) is 10.9. The van der Waals surface area contributed by atoms with E-state index in [1.165, 1.54) is 32.8 Å². The predicted octanol–water partition coefficient (Wildman–Crippen LogP) is 1.21. The van der Waals surface area contributed by atoms with Crippen LogP contribution in [0.25, 0.3) is 0 Å². The molecule has 10 nitrogen and oxygen atoms in total. The van der Waals surface area contributed by atoms with Crippen LogP contribution in [-0.2, 0) is 30.9 Å². The fourth-order valence-electron chi connectivity index (χ4n) is 4.35. The van der Waals surface area contributed by atoms with E-state index in [1.807, 2.05) is 4.57 Å². The summed E-state index contributed by atoms with van der Waals surface area (Å²) in [5.74, 6) is 0.596. The quantitative estimate of drug-likeness (QED) is 0.725. The van der Waals surface area contributed by atoms with E-state index in [2.05, 4.69) is 29.1 Å². The molecule has 6 rings (SSSR count). The molecule has 166 valence electrons. The molecule has 0 saturated heterocycles. The summed E-state index contributed by atoms with van der Waals surface area (Å²) in [6.07, 6.45) is 8.63. The number of methoxy groups -OCH3 is 1. The number of aromatic nitrogens is 4. The molecule has 2 aliphatic heterocycles. The Morgan fingerprint density at radius 3 is 1.81 bits per heavy atom. The molecule has 0 atom stereocenters. The van der Waals surface area contributed by atoms with Crippen LogP contribution in [0.2, 0.25) is 0 Å². The number of ether oxygens (including phenoxy) is 1. The Bertz CT molecular complexity index is 990. The van der Waals surface area contributed by atoms with Crippen molar-refractivity contribution in [2.24, 2.45) is 0 Å². The lowest BCUT2D eigenvalue weighted by molar-refractivity contribution is 0.0593. The Kier molecular flexibility index (Phi) is 5.27. The van der Waals surface area contributed by atoms with Gasteiger partial charge in [-0.2, -0.15) is 0 Å². The van der Waals surface area contributed by atoms with Gasteiger partial charge in [-0.15, -0.1) is 0 Å². The van der Waals surface area contributed by atoms with E-state index < -0.39 is 5.97 Å². The number of imidazole rings is 2. The molecule has 2 aromatic heterocycles. The average molecular weight is 428 g/mol. The van der Waals surface area contributed by atoms with Gasteiger partial charge in [0, 0.05) is 50.7 Å². The van der Waals surface area contributed by atoms with Crippen molar-refractivity contribution in [3.05, 3.63) is 35.4 Å². The maximum atomic E-state index is 11.3. The summed E-state index contributed by atoms with van der Waals surface area (Å²) in [5.41, 5.74) is 0.595. The highest BCUT2D eigenvalue weighted by Gasteiger charge is 2.33. The van der Waals surface area contributed by atoms with Crippen molar-refractivity contribution in [3.8, 4) is 0 Å². The lowest BCUT2D eigenvalue weighted by Gasteiger charge is -2.27. The normalized spacial score (nSPS) is 20.9. The van der Waals surface area contributed by atoms with Crippen molar-refractivity contribution in [1.29, 1.82) is 0 Å². The molecule has 0 amide bonds. The summed E-state index contributed by atoms with van der Waals surface area (Å²) in [5, 5.41) is 8.83. The summed E-state index contributed by atoms with van der Waals surface area (Å²) >= 11 is 0. The van der Waals surface area contributed by atoms with Gasteiger partial charge >= 0.3 is 11.9 Å². The van der Waals surface area contributed by atoms with E-state index in [0.29, 0.717) is 5.69 Å². The Balaban J connectivity index is 0.000000132. The fraction of sp³-hybridized carbons (Fsp3) is 0.619. The molecule has 0 bridgehead atoms. The first kappa shape index (κ1) is 20.2. The lowest BCUT2D eigenvalue weighted by Crippen LogP contribution is -2.35. The Labute approximate surface area is 180 Å². The molecule has 0 radical (unpaired) electrons. The van der Waals surface area contributed by atoms with Crippen molar-refractivity contribution >= 4 is 11.9 Å². The molecule has 10 heteroatoms. The molecule has 0 unspecified atom stereocenters. The van der Waals surface area contributed by atoms with Gasteiger partial charge in [-0.1, -0.05) is 0 Å². The molecular formula is C21H28N6O4. The smallest absolute Gasteiger partial charge is 0.358 e. The van der Waals surface area contributed by atoms with Crippen molar-refractivity contribution in [2.45, 2.75) is 63.9 Å². The zero-order valence-corrected chi connectivity index (χ0v) is 17.7. The van der Waals surface area contributed by atoms with Crippen LogP contribution < -0.4 is 0 Å². The predicted molar refractivity (Wildman–Crippen MR) is 110 cm³/mol. The van der Waals surface area contributed by atoms with Crippen LogP contribution in [0.3, 0.4) is 0 Å². The van der Waals surface area contributed by atoms with Gasteiger partial charge in [-0.25, -0.2) is 19.6 Å². The standard InChI is InChI=1S/C11H15N3O2.C10H13N3O2/c1-16-11(15)9-6-14-5-4-13(8-2-3-8)7-10(14)12-9;14-10(15)8-5-13-4-3-12(7-1-2-7)6-9(13)11-8/h6,8H,2-5,7H2,1H3;5,7H,1-4,6H2,(H,14,15). The first-order chi connectivity index (χ1) is 15.0. The molecule has 31 heavy (non-hydrogen) atoms. The van der Waals surface area contributed by atoms with Crippen molar-refractivity contribution < 1.29 is 19.4 Å². The van der Waals surface area contributed by atoms with Gasteiger partial charge in [0.15, 0.2) is 11.4 Å². The maximum absolute atomic E-state index is 11.3. The topological polar surface area (TPSA) is 106 Å². The maximum Gasteiger partial charge on any atom is 0.358 e. The number of esters is 1. The molecule has 0 aromatic carbocycles. The molecule has 0 spiro atoms. The molecule has 4 heterocycles. The van der Waals surface area contributed by atoms with Crippen molar-refractivity contribution in [1.82, 2.24) is 28.9 Å². The third kappa shape index (κ3) is 4.35. The van der Waals surface area contributed by atoms with Gasteiger partial charge < -0.3 is 19.0 Å². The van der Waals surface area contributed by atoms with Crippen molar-refractivity contribution in [3.63, 3.8) is 0 Å². The molecule has 4 aliphatic rings. The minimum absolute atomic E-state index is 0.169. The number of carboxylic acid groups (broad SMARTS) is 1. The molecule has 2 aliphatic carbocycles. The number of aromatic carboxylic acids is 1. The van der Waals surface area contributed by atoms with Gasteiger partial charge in [0.2, 0.25) is 0 Å². The van der Waals surface area contributed by atoms with E-state index in [9.17, 15) is 9.59 Å². The second-order valence-electron chi connectivity index (χ2n) is 8.67. The second-order valence-corrected chi connectivity index (χ2v) is 8.67. The van der Waals surface area contributed by atoms with E-state index >= 15 is 0 Å². The minimum Gasteiger partial charge on any atom is -0.476 e. The molecule has 2 saturated carbocycles. The third-order valence-electron chi connectivity index (χ3n) is 6.40. The SMILES string of the molecule is COC(=O)c1cn2c(n1)CN(C1CC1)CC2.O=C(O)c1cn2c(n1)CN(C1CC1)CC2. The Hall–Kier alpha value is -2.72. The van der Waals surface area contributed by atoms with E-state index in [-0.39, 0.29) is 11.7 Å². The lowest BCUT2D eigenvalue weighted by atomic mass is 10.3. The van der Waals surface area contributed by atoms with Crippen LogP contribution in [0, 0.1) is 0 Å². The van der Waals surface area contributed by atoms with Crippen molar-refractivity contribution in [2.75, 3.05) is 20.2 Å². The number of carbonyl (C=O) groups excluding carboxylic acids is 1. The average Bonchev–Trinajstić information content (AvgIpc) is 3.71. The van der Waals surface area contributed by atoms with Gasteiger partial charge in [0.1, 0.15) is 11.6 Å². The number of carboxylic acids is 1. The van der Waals surface area contributed by atoms with Gasteiger partial charge in [0.05, 0.1) is 20.2 Å². The zero-order chi connectivity index (χ0) is 21.5. The van der Waals surface area contributed by atoms with Gasteiger partial charge in [-0.3, -0.25) is 9.80 Å².